The van der Waals surface area contributed by atoms with Gasteiger partial charge in [-0.3, -0.25) is 14.2 Å². The third-order valence-electron chi connectivity index (χ3n) is 5.03. The number of hydrogen-bond acceptors (Lipinski definition) is 5. The van der Waals surface area contributed by atoms with Crippen LogP contribution in [0.1, 0.15) is 21.7 Å². The number of hydrogen-bond donors (Lipinski definition) is 0. The van der Waals surface area contributed by atoms with Crippen LogP contribution in [0.15, 0.2) is 76.4 Å². The number of sulfone groups is 1. The molecule has 0 N–H and O–H groups in total. The Morgan fingerprint density at radius 3 is 2.40 bits per heavy atom. The van der Waals surface area contributed by atoms with Crippen molar-refractivity contribution in [3.05, 3.63) is 99.9 Å². The zero-order valence-corrected chi connectivity index (χ0v) is 16.2. The van der Waals surface area contributed by atoms with E-state index < -0.39 is 37.6 Å². The molecular formula is C22H13FN2O4S. The lowest BCUT2D eigenvalue weighted by Crippen LogP contribution is -2.23. The molecule has 30 heavy (non-hydrogen) atoms. The summed E-state index contributed by atoms with van der Waals surface area (Å²) in [6.45, 7) is 0. The highest BCUT2D eigenvalue weighted by Gasteiger charge is 2.32. The first-order chi connectivity index (χ1) is 14.4. The maximum absolute atomic E-state index is 14.3. The maximum Gasteiger partial charge on any atom is 0.267 e. The van der Waals surface area contributed by atoms with Crippen molar-refractivity contribution < 1.29 is 17.6 Å². The van der Waals surface area contributed by atoms with E-state index in [4.69, 9.17) is 0 Å². The SMILES string of the molecule is O=C1c2ccccc2-n2c1nc1cc(F)cc(S(=O)(=O)Cc3ccccc3)c1c2=O. The van der Waals surface area contributed by atoms with Crippen LogP contribution in [0.25, 0.3) is 16.6 Å². The van der Waals surface area contributed by atoms with Crippen molar-refractivity contribution in [2.24, 2.45) is 0 Å². The summed E-state index contributed by atoms with van der Waals surface area (Å²) in [6.07, 6.45) is 0. The second-order valence-corrected chi connectivity index (χ2v) is 8.92. The lowest BCUT2D eigenvalue weighted by atomic mass is 10.1. The molecule has 0 fully saturated rings. The lowest BCUT2D eigenvalue weighted by Gasteiger charge is -2.11. The average molecular weight is 420 g/mol. The fourth-order valence-electron chi connectivity index (χ4n) is 3.72. The summed E-state index contributed by atoms with van der Waals surface area (Å²) in [5.41, 5.74) is 0.225. The molecule has 0 saturated heterocycles. The summed E-state index contributed by atoms with van der Waals surface area (Å²) in [4.78, 5) is 29.7. The minimum absolute atomic E-state index is 0.161. The highest BCUT2D eigenvalue weighted by atomic mass is 32.2. The molecule has 1 aliphatic heterocycles. The summed E-state index contributed by atoms with van der Waals surface area (Å²) in [7, 11) is -4.07. The first-order valence-corrected chi connectivity index (χ1v) is 10.7. The number of aromatic nitrogens is 2. The van der Waals surface area contributed by atoms with E-state index in [2.05, 4.69) is 4.98 Å². The summed E-state index contributed by atoms with van der Waals surface area (Å²) >= 11 is 0. The predicted molar refractivity (Wildman–Crippen MR) is 108 cm³/mol. The average Bonchev–Trinajstić information content (AvgIpc) is 3.00. The van der Waals surface area contributed by atoms with Gasteiger partial charge >= 0.3 is 0 Å². The Bertz CT molecular complexity index is 1530. The van der Waals surface area contributed by atoms with Gasteiger partial charge in [-0.05, 0) is 23.8 Å². The number of fused-ring (bicyclic) bond motifs is 4. The molecule has 1 aromatic heterocycles. The molecule has 0 bridgehead atoms. The van der Waals surface area contributed by atoms with E-state index in [1.54, 1.807) is 54.6 Å². The van der Waals surface area contributed by atoms with Crippen LogP contribution in [-0.4, -0.2) is 23.8 Å². The summed E-state index contributed by atoms with van der Waals surface area (Å²) < 4.78 is 41.6. The Kier molecular flexibility index (Phi) is 3.94. The third kappa shape index (κ3) is 2.68. The van der Waals surface area contributed by atoms with Gasteiger partial charge in [-0.1, -0.05) is 42.5 Å². The standard InChI is InChI=1S/C22H13FN2O4S/c23-14-10-16-19(18(11-14)30(28,29)12-13-6-2-1-3-7-13)22(27)25-17-9-5-4-8-15(17)20(26)21(25)24-16/h1-11H,12H2. The van der Waals surface area contributed by atoms with E-state index in [-0.39, 0.29) is 22.3 Å². The number of halogens is 1. The molecule has 8 heteroatoms. The number of benzene rings is 3. The number of carbonyl (C=O) groups excluding carboxylic acids is 1. The minimum atomic E-state index is -4.07. The Morgan fingerprint density at radius 2 is 1.63 bits per heavy atom. The van der Waals surface area contributed by atoms with Crippen molar-refractivity contribution in [3.63, 3.8) is 0 Å². The monoisotopic (exact) mass is 420 g/mol. The molecule has 5 rings (SSSR count). The number of rotatable bonds is 3. The second-order valence-electron chi connectivity index (χ2n) is 6.96. The number of ketones is 1. The van der Waals surface area contributed by atoms with Crippen LogP contribution in [-0.2, 0) is 15.6 Å². The molecule has 148 valence electrons. The number of carbonyl (C=O) groups is 1. The fourth-order valence-corrected chi connectivity index (χ4v) is 5.30. The van der Waals surface area contributed by atoms with Gasteiger partial charge in [-0.25, -0.2) is 17.8 Å². The third-order valence-corrected chi connectivity index (χ3v) is 6.73. The van der Waals surface area contributed by atoms with Crippen molar-refractivity contribution in [1.29, 1.82) is 0 Å². The molecule has 0 saturated carbocycles. The molecule has 0 amide bonds. The van der Waals surface area contributed by atoms with Crippen LogP contribution in [0, 0.1) is 5.82 Å². The molecule has 0 aliphatic carbocycles. The van der Waals surface area contributed by atoms with Crippen LogP contribution < -0.4 is 5.56 Å². The molecule has 3 aromatic carbocycles. The smallest absolute Gasteiger partial charge is 0.267 e. The molecule has 1 aliphatic rings. The number of para-hydroxylation sites is 1. The first kappa shape index (κ1) is 18.4. The maximum atomic E-state index is 14.3. The van der Waals surface area contributed by atoms with E-state index >= 15 is 0 Å². The van der Waals surface area contributed by atoms with Crippen molar-refractivity contribution in [2.75, 3.05) is 0 Å². The Labute approximate surface area is 170 Å². The summed E-state index contributed by atoms with van der Waals surface area (Å²) in [5.74, 6) is -1.88. The summed E-state index contributed by atoms with van der Waals surface area (Å²) in [6, 6.07) is 16.7. The van der Waals surface area contributed by atoms with Crippen LogP contribution in [0.4, 0.5) is 4.39 Å². The first-order valence-electron chi connectivity index (χ1n) is 9.04. The molecule has 0 radical (unpaired) electrons. The van der Waals surface area contributed by atoms with Crippen LogP contribution in [0.2, 0.25) is 0 Å². The highest BCUT2D eigenvalue weighted by molar-refractivity contribution is 7.90. The predicted octanol–water partition coefficient (Wildman–Crippen LogP) is 3.04. The molecule has 0 spiro atoms. The van der Waals surface area contributed by atoms with E-state index in [1.807, 2.05) is 0 Å². The van der Waals surface area contributed by atoms with Crippen molar-refractivity contribution in [3.8, 4) is 5.69 Å². The Hall–Kier alpha value is -3.65. The van der Waals surface area contributed by atoms with Crippen molar-refractivity contribution in [1.82, 2.24) is 9.55 Å². The lowest BCUT2D eigenvalue weighted by molar-refractivity contribution is 0.103. The normalized spacial score (nSPS) is 12.8. The van der Waals surface area contributed by atoms with Crippen LogP contribution in [0.3, 0.4) is 0 Å². The van der Waals surface area contributed by atoms with Gasteiger partial charge < -0.3 is 0 Å². The highest BCUT2D eigenvalue weighted by Crippen LogP contribution is 2.29. The van der Waals surface area contributed by atoms with E-state index in [0.29, 0.717) is 11.3 Å². The van der Waals surface area contributed by atoms with Crippen LogP contribution >= 0.6 is 0 Å². The van der Waals surface area contributed by atoms with E-state index in [0.717, 1.165) is 16.7 Å². The van der Waals surface area contributed by atoms with Gasteiger partial charge in [0, 0.05) is 6.07 Å². The van der Waals surface area contributed by atoms with Crippen molar-refractivity contribution in [2.45, 2.75) is 10.6 Å². The zero-order valence-electron chi connectivity index (χ0n) is 15.4. The van der Waals surface area contributed by atoms with E-state index in [9.17, 15) is 22.4 Å². The van der Waals surface area contributed by atoms with Gasteiger partial charge in [-0.2, -0.15) is 0 Å². The summed E-state index contributed by atoms with van der Waals surface area (Å²) in [5, 5.41) is -0.236. The molecule has 4 aromatic rings. The Morgan fingerprint density at radius 1 is 0.933 bits per heavy atom. The van der Waals surface area contributed by atoms with Gasteiger partial charge in [0.25, 0.3) is 5.56 Å². The number of nitrogens with zero attached hydrogens (tertiary/aromatic N) is 2. The van der Waals surface area contributed by atoms with Gasteiger partial charge in [0.1, 0.15) is 5.82 Å². The van der Waals surface area contributed by atoms with Crippen molar-refractivity contribution >= 4 is 26.5 Å². The van der Waals surface area contributed by atoms with Crippen LogP contribution in [0.5, 0.6) is 0 Å². The molecule has 0 unspecified atom stereocenters. The van der Waals surface area contributed by atoms with Gasteiger partial charge in [0.05, 0.1) is 32.8 Å². The largest absolute Gasteiger partial charge is 0.285 e. The molecular weight excluding hydrogens is 407 g/mol. The topological polar surface area (TPSA) is 86.1 Å². The molecule has 2 heterocycles. The van der Waals surface area contributed by atoms with E-state index in [1.165, 1.54) is 0 Å². The molecule has 0 atom stereocenters. The quantitative estimate of drug-likeness (QED) is 0.448. The fraction of sp³-hybridized carbons (Fsp3) is 0.0455. The minimum Gasteiger partial charge on any atom is -0.285 e. The van der Waals surface area contributed by atoms with Gasteiger partial charge in [0.2, 0.25) is 5.78 Å². The second kappa shape index (κ2) is 6.43. The zero-order chi connectivity index (χ0) is 21.0. The van der Waals surface area contributed by atoms with Gasteiger partial charge in [-0.15, -0.1) is 0 Å². The van der Waals surface area contributed by atoms with Gasteiger partial charge in [0.15, 0.2) is 15.7 Å². The molecule has 6 nitrogen and oxygen atoms in total. The Balaban J connectivity index is 1.82.